The summed E-state index contributed by atoms with van der Waals surface area (Å²) in [4.78, 5) is 14.2. The highest BCUT2D eigenvalue weighted by atomic mass is 16.4. The molecule has 0 atom stereocenters. The third-order valence-corrected chi connectivity index (χ3v) is 3.99. The molecular weight excluding hydrogens is 254 g/mol. The minimum Gasteiger partial charge on any atom is -0.444 e. The van der Waals surface area contributed by atoms with E-state index in [0.29, 0.717) is 17.9 Å². The molecule has 1 amide bonds. The van der Waals surface area contributed by atoms with Gasteiger partial charge in [-0.15, -0.1) is 0 Å². The monoisotopic (exact) mass is 275 g/mol. The van der Waals surface area contributed by atoms with Crippen LogP contribution < -0.4 is 5.32 Å². The van der Waals surface area contributed by atoms with Crippen molar-refractivity contribution in [3.05, 3.63) is 16.9 Å². The number of nitrogens with zero attached hydrogens (tertiary/aromatic N) is 2. The van der Waals surface area contributed by atoms with Gasteiger partial charge in [0.05, 0.1) is 6.54 Å². The lowest BCUT2D eigenvalue weighted by atomic mass is 9.99. The maximum absolute atomic E-state index is 12.0. The molecule has 2 heterocycles. The first-order valence-electron chi connectivity index (χ1n) is 7.03. The maximum atomic E-state index is 12.0. The maximum Gasteiger partial charge on any atom is 0.240 e. The van der Waals surface area contributed by atoms with Crippen molar-refractivity contribution in [3.8, 4) is 6.07 Å². The molecule has 1 saturated heterocycles. The van der Waals surface area contributed by atoms with Gasteiger partial charge in [0.15, 0.2) is 0 Å². The minimum absolute atomic E-state index is 0.121. The summed E-state index contributed by atoms with van der Waals surface area (Å²) in [7, 11) is 0. The molecule has 2 rings (SSSR count). The molecule has 5 nitrogen and oxygen atoms in total. The van der Waals surface area contributed by atoms with Crippen molar-refractivity contribution in [1.29, 1.82) is 5.26 Å². The number of likely N-dealkylation sites (tertiary alicyclic amines) is 1. The fraction of sp³-hybridized carbons (Fsp3) is 0.600. The van der Waals surface area contributed by atoms with Gasteiger partial charge in [-0.2, -0.15) is 5.26 Å². The number of nitrogens with one attached hydrogen (secondary N) is 1. The highest BCUT2D eigenvalue weighted by Crippen LogP contribution is 2.25. The van der Waals surface area contributed by atoms with Crippen LogP contribution >= 0.6 is 0 Å². The topological polar surface area (TPSA) is 69.3 Å². The normalized spacial score (nSPS) is 16.9. The van der Waals surface area contributed by atoms with Gasteiger partial charge < -0.3 is 4.42 Å². The van der Waals surface area contributed by atoms with Crippen molar-refractivity contribution in [1.82, 2.24) is 4.90 Å². The van der Waals surface area contributed by atoms with Crippen LogP contribution in [0.2, 0.25) is 0 Å². The number of rotatable bonds is 3. The summed E-state index contributed by atoms with van der Waals surface area (Å²) < 4.78 is 5.44. The highest BCUT2D eigenvalue weighted by molar-refractivity contribution is 5.92. The summed E-state index contributed by atoms with van der Waals surface area (Å²) in [6, 6.07) is 2.08. The Morgan fingerprint density at radius 3 is 2.70 bits per heavy atom. The fourth-order valence-corrected chi connectivity index (χ4v) is 2.44. The number of piperidine rings is 1. The summed E-state index contributed by atoms with van der Waals surface area (Å²) >= 11 is 0. The van der Waals surface area contributed by atoms with E-state index >= 15 is 0 Å². The lowest BCUT2D eigenvalue weighted by Crippen LogP contribution is -2.38. The van der Waals surface area contributed by atoms with Crippen molar-refractivity contribution >= 4 is 11.8 Å². The largest absolute Gasteiger partial charge is 0.444 e. The van der Waals surface area contributed by atoms with Crippen LogP contribution in [-0.2, 0) is 4.79 Å². The molecule has 108 valence electrons. The Morgan fingerprint density at radius 1 is 1.45 bits per heavy atom. The van der Waals surface area contributed by atoms with E-state index in [9.17, 15) is 4.79 Å². The second-order valence-corrected chi connectivity index (χ2v) is 5.61. The SMILES string of the molecule is Cc1oc(NC(=O)CN2CCC(C)CC2)c(C#N)c1C. The molecule has 0 unspecified atom stereocenters. The van der Waals surface area contributed by atoms with Gasteiger partial charge >= 0.3 is 0 Å². The minimum atomic E-state index is -0.121. The van der Waals surface area contributed by atoms with Crippen LogP contribution in [0.4, 0.5) is 5.88 Å². The molecule has 1 N–H and O–H groups in total. The number of furan rings is 1. The third-order valence-electron chi connectivity index (χ3n) is 3.99. The summed E-state index contributed by atoms with van der Waals surface area (Å²) in [5.74, 6) is 1.57. The number of amides is 1. The molecule has 1 aliphatic rings. The first kappa shape index (κ1) is 14.6. The molecule has 0 aliphatic carbocycles. The van der Waals surface area contributed by atoms with E-state index in [4.69, 9.17) is 9.68 Å². The Bertz CT molecular complexity index is 534. The van der Waals surface area contributed by atoms with Gasteiger partial charge in [-0.05, 0) is 45.7 Å². The number of carbonyl (C=O) groups excluding carboxylic acids is 1. The quantitative estimate of drug-likeness (QED) is 0.920. The first-order valence-corrected chi connectivity index (χ1v) is 7.03. The fourth-order valence-electron chi connectivity index (χ4n) is 2.44. The van der Waals surface area contributed by atoms with Gasteiger partial charge in [-0.1, -0.05) is 6.92 Å². The van der Waals surface area contributed by atoms with Crippen LogP contribution in [0.5, 0.6) is 0 Å². The Morgan fingerprint density at radius 2 is 2.10 bits per heavy atom. The molecule has 1 aliphatic heterocycles. The van der Waals surface area contributed by atoms with Gasteiger partial charge in [0.1, 0.15) is 17.4 Å². The second kappa shape index (κ2) is 6.10. The van der Waals surface area contributed by atoms with Crippen molar-refractivity contribution < 1.29 is 9.21 Å². The van der Waals surface area contributed by atoms with E-state index in [0.717, 1.165) is 37.4 Å². The predicted molar refractivity (Wildman–Crippen MR) is 76.4 cm³/mol. The Hall–Kier alpha value is -1.80. The number of carbonyl (C=O) groups is 1. The van der Waals surface area contributed by atoms with Gasteiger partial charge in [-0.25, -0.2) is 0 Å². The van der Waals surface area contributed by atoms with E-state index in [-0.39, 0.29) is 11.8 Å². The predicted octanol–water partition coefficient (Wildman–Crippen LogP) is 2.44. The zero-order chi connectivity index (χ0) is 14.7. The van der Waals surface area contributed by atoms with Crippen LogP contribution in [-0.4, -0.2) is 30.4 Å². The Labute approximate surface area is 119 Å². The van der Waals surface area contributed by atoms with Crippen molar-refractivity contribution in [2.24, 2.45) is 5.92 Å². The van der Waals surface area contributed by atoms with Crippen LogP contribution in [0.25, 0.3) is 0 Å². The molecule has 20 heavy (non-hydrogen) atoms. The molecule has 0 bridgehead atoms. The Balaban J connectivity index is 1.95. The van der Waals surface area contributed by atoms with Crippen LogP contribution in [0.1, 0.15) is 36.7 Å². The molecular formula is C15H21N3O2. The molecule has 1 aromatic heterocycles. The lowest BCUT2D eigenvalue weighted by Gasteiger charge is -2.29. The van der Waals surface area contributed by atoms with E-state index in [1.54, 1.807) is 6.92 Å². The number of hydrogen-bond acceptors (Lipinski definition) is 4. The van der Waals surface area contributed by atoms with Gasteiger partial charge in [0.2, 0.25) is 11.8 Å². The molecule has 0 aromatic carbocycles. The van der Waals surface area contributed by atoms with Crippen LogP contribution in [0.15, 0.2) is 4.42 Å². The van der Waals surface area contributed by atoms with Crippen molar-refractivity contribution in [3.63, 3.8) is 0 Å². The second-order valence-electron chi connectivity index (χ2n) is 5.61. The summed E-state index contributed by atoms with van der Waals surface area (Å²) in [5.41, 5.74) is 1.21. The molecule has 0 saturated carbocycles. The standard InChI is InChI=1S/C15H21N3O2/c1-10-4-6-18(7-5-10)9-14(19)17-15-13(8-16)11(2)12(3)20-15/h10H,4-7,9H2,1-3H3,(H,17,19). The van der Waals surface area contributed by atoms with Gasteiger partial charge in [-0.3, -0.25) is 15.0 Å². The molecule has 5 heteroatoms. The number of anilines is 1. The molecule has 1 aromatic rings. The third kappa shape index (κ3) is 3.20. The van der Waals surface area contributed by atoms with Crippen molar-refractivity contribution in [2.75, 3.05) is 25.0 Å². The summed E-state index contributed by atoms with van der Waals surface area (Å²) in [5, 5.41) is 11.8. The van der Waals surface area contributed by atoms with Crippen LogP contribution in [0, 0.1) is 31.1 Å². The molecule has 1 fully saturated rings. The summed E-state index contributed by atoms with van der Waals surface area (Å²) in [6.45, 7) is 8.12. The zero-order valence-electron chi connectivity index (χ0n) is 12.3. The van der Waals surface area contributed by atoms with Gasteiger partial charge in [0, 0.05) is 5.56 Å². The smallest absolute Gasteiger partial charge is 0.240 e. The van der Waals surface area contributed by atoms with E-state index in [1.165, 1.54) is 0 Å². The van der Waals surface area contributed by atoms with Crippen molar-refractivity contribution in [2.45, 2.75) is 33.6 Å². The average molecular weight is 275 g/mol. The average Bonchev–Trinajstić information content (AvgIpc) is 2.67. The number of hydrogen-bond donors (Lipinski definition) is 1. The summed E-state index contributed by atoms with van der Waals surface area (Å²) in [6.07, 6.45) is 2.27. The number of aryl methyl sites for hydroxylation is 1. The molecule has 0 spiro atoms. The van der Waals surface area contributed by atoms with Gasteiger partial charge in [0.25, 0.3) is 0 Å². The number of nitriles is 1. The van der Waals surface area contributed by atoms with Crippen LogP contribution in [0.3, 0.4) is 0 Å². The first-order chi connectivity index (χ1) is 9.51. The van der Waals surface area contributed by atoms with E-state index < -0.39 is 0 Å². The molecule has 0 radical (unpaired) electrons. The highest BCUT2D eigenvalue weighted by Gasteiger charge is 2.20. The lowest BCUT2D eigenvalue weighted by molar-refractivity contribution is -0.117. The Kier molecular flexibility index (Phi) is 4.46. The zero-order valence-corrected chi connectivity index (χ0v) is 12.3. The van der Waals surface area contributed by atoms with E-state index in [2.05, 4.69) is 23.2 Å². The van der Waals surface area contributed by atoms with E-state index in [1.807, 2.05) is 6.92 Å².